The van der Waals surface area contributed by atoms with Crippen LogP contribution in [-0.4, -0.2) is 39.9 Å². The highest BCUT2D eigenvalue weighted by atomic mass is 32.1. The number of hydrogen-bond acceptors (Lipinski definition) is 5. The molecule has 25 heavy (non-hydrogen) atoms. The van der Waals surface area contributed by atoms with Crippen molar-refractivity contribution in [3.63, 3.8) is 0 Å². The summed E-state index contributed by atoms with van der Waals surface area (Å²) in [7, 11) is 0. The van der Waals surface area contributed by atoms with Gasteiger partial charge in [0.25, 0.3) is 0 Å². The van der Waals surface area contributed by atoms with Crippen molar-refractivity contribution >= 4 is 17.4 Å². The molecule has 0 radical (unpaired) electrons. The fourth-order valence-corrected chi connectivity index (χ4v) is 3.95. The van der Waals surface area contributed by atoms with Gasteiger partial charge >= 0.3 is 6.09 Å². The van der Waals surface area contributed by atoms with Crippen LogP contribution >= 0.6 is 11.3 Å². The monoisotopic (exact) mass is 359 g/mol. The Kier molecular flexibility index (Phi) is 5.37. The van der Waals surface area contributed by atoms with Crippen LogP contribution in [0.3, 0.4) is 0 Å². The van der Waals surface area contributed by atoms with E-state index in [-0.39, 0.29) is 6.09 Å². The zero-order valence-electron chi connectivity index (χ0n) is 15.1. The van der Waals surface area contributed by atoms with Gasteiger partial charge < -0.3 is 9.64 Å². The van der Waals surface area contributed by atoms with E-state index in [4.69, 9.17) is 4.74 Å². The summed E-state index contributed by atoms with van der Waals surface area (Å²) in [4.78, 5) is 13.9. The summed E-state index contributed by atoms with van der Waals surface area (Å²) < 4.78 is 5.45. The van der Waals surface area contributed by atoms with E-state index in [0.717, 1.165) is 29.3 Å². The van der Waals surface area contributed by atoms with Crippen molar-refractivity contribution in [2.75, 3.05) is 13.1 Å². The molecule has 2 aromatic rings. The number of carbonyl (C=O) groups is 1. The zero-order valence-corrected chi connectivity index (χ0v) is 15.9. The number of carbonyl (C=O) groups excluding carboxylic acids is 1. The molecule has 1 aromatic heterocycles. The molecule has 2 heterocycles. The summed E-state index contributed by atoms with van der Waals surface area (Å²) >= 11 is 1.70. The number of hydrogen-bond donors (Lipinski definition) is 0. The van der Waals surface area contributed by atoms with E-state index in [0.29, 0.717) is 19.0 Å². The van der Waals surface area contributed by atoms with Gasteiger partial charge in [-0.2, -0.15) is 0 Å². The number of piperidine rings is 1. The minimum absolute atomic E-state index is 0.215. The Labute approximate surface area is 153 Å². The molecule has 0 spiro atoms. The minimum Gasteiger partial charge on any atom is -0.444 e. The second-order valence-corrected chi connectivity index (χ2v) is 8.53. The van der Waals surface area contributed by atoms with Crippen molar-refractivity contribution in [2.24, 2.45) is 0 Å². The first-order valence-corrected chi connectivity index (χ1v) is 9.56. The van der Waals surface area contributed by atoms with Crippen LogP contribution in [0.25, 0.3) is 0 Å². The third-order valence-electron chi connectivity index (χ3n) is 4.18. The predicted molar refractivity (Wildman–Crippen MR) is 98.9 cm³/mol. The van der Waals surface area contributed by atoms with Gasteiger partial charge in [-0.15, -0.1) is 21.5 Å². The molecule has 0 unspecified atom stereocenters. The van der Waals surface area contributed by atoms with Crippen molar-refractivity contribution in [3.05, 3.63) is 45.9 Å². The number of nitrogens with zero attached hydrogens (tertiary/aromatic N) is 3. The van der Waals surface area contributed by atoms with Gasteiger partial charge in [-0.05, 0) is 39.2 Å². The molecule has 0 aliphatic carbocycles. The van der Waals surface area contributed by atoms with Gasteiger partial charge in [0.2, 0.25) is 0 Å². The maximum Gasteiger partial charge on any atom is 0.410 e. The quantitative estimate of drug-likeness (QED) is 0.822. The summed E-state index contributed by atoms with van der Waals surface area (Å²) in [6.45, 7) is 7.12. The maximum absolute atomic E-state index is 12.1. The molecule has 0 N–H and O–H groups in total. The first-order valence-electron chi connectivity index (χ1n) is 8.75. The number of amides is 1. The van der Waals surface area contributed by atoms with Crippen LogP contribution in [0.5, 0.6) is 0 Å². The Hall–Kier alpha value is -1.95. The van der Waals surface area contributed by atoms with Crippen LogP contribution in [0, 0.1) is 0 Å². The molecule has 1 aromatic carbocycles. The molecular weight excluding hydrogens is 334 g/mol. The van der Waals surface area contributed by atoms with Crippen LogP contribution in [0.1, 0.15) is 55.1 Å². The van der Waals surface area contributed by atoms with Crippen molar-refractivity contribution < 1.29 is 9.53 Å². The van der Waals surface area contributed by atoms with Crippen molar-refractivity contribution in [1.29, 1.82) is 0 Å². The molecule has 3 rings (SSSR count). The van der Waals surface area contributed by atoms with Crippen LogP contribution in [0.15, 0.2) is 30.3 Å². The smallest absolute Gasteiger partial charge is 0.410 e. The van der Waals surface area contributed by atoms with Crippen LogP contribution < -0.4 is 0 Å². The second kappa shape index (κ2) is 7.52. The van der Waals surface area contributed by atoms with Crippen molar-refractivity contribution in [1.82, 2.24) is 15.1 Å². The van der Waals surface area contributed by atoms with Crippen molar-refractivity contribution in [3.8, 4) is 0 Å². The molecule has 5 nitrogen and oxygen atoms in total. The molecule has 1 aliphatic heterocycles. The molecule has 0 saturated carbocycles. The average molecular weight is 359 g/mol. The molecule has 1 amide bonds. The molecule has 6 heteroatoms. The Balaban J connectivity index is 1.54. The van der Waals surface area contributed by atoms with Crippen LogP contribution in [0.4, 0.5) is 4.79 Å². The predicted octanol–water partition coefficient (Wildman–Crippen LogP) is 4.24. The first kappa shape index (κ1) is 17.9. The van der Waals surface area contributed by atoms with Gasteiger partial charge in [0.15, 0.2) is 0 Å². The van der Waals surface area contributed by atoms with Crippen molar-refractivity contribution in [2.45, 2.75) is 51.6 Å². The minimum atomic E-state index is -0.445. The molecule has 1 aliphatic rings. The zero-order chi connectivity index (χ0) is 17.9. The van der Waals surface area contributed by atoms with E-state index in [2.05, 4.69) is 22.3 Å². The van der Waals surface area contributed by atoms with E-state index in [1.807, 2.05) is 39.0 Å². The molecule has 1 fully saturated rings. The highest BCUT2D eigenvalue weighted by Crippen LogP contribution is 2.31. The molecule has 0 atom stereocenters. The Morgan fingerprint density at radius 1 is 1.20 bits per heavy atom. The topological polar surface area (TPSA) is 55.3 Å². The van der Waals surface area contributed by atoms with Gasteiger partial charge in [0.1, 0.15) is 15.6 Å². The van der Waals surface area contributed by atoms with E-state index in [1.54, 1.807) is 16.2 Å². The lowest BCUT2D eigenvalue weighted by Gasteiger charge is -2.32. The van der Waals surface area contributed by atoms with Gasteiger partial charge in [0, 0.05) is 25.4 Å². The lowest BCUT2D eigenvalue weighted by molar-refractivity contribution is 0.0204. The molecule has 0 bridgehead atoms. The summed E-state index contributed by atoms with van der Waals surface area (Å²) in [5.74, 6) is 0.390. The summed E-state index contributed by atoms with van der Waals surface area (Å²) in [5.41, 5.74) is 0.810. The molecule has 134 valence electrons. The molecule has 1 saturated heterocycles. The Bertz CT molecular complexity index is 701. The molecular formula is C19H25N3O2S. The Morgan fingerprint density at radius 3 is 2.52 bits per heavy atom. The van der Waals surface area contributed by atoms with Gasteiger partial charge in [0.05, 0.1) is 0 Å². The van der Waals surface area contributed by atoms with E-state index in [9.17, 15) is 4.79 Å². The summed E-state index contributed by atoms with van der Waals surface area (Å²) in [5, 5.41) is 10.9. The van der Waals surface area contributed by atoms with Gasteiger partial charge in [-0.1, -0.05) is 30.3 Å². The highest BCUT2D eigenvalue weighted by molar-refractivity contribution is 7.11. The normalized spacial score (nSPS) is 16.0. The number of benzene rings is 1. The third-order valence-corrected chi connectivity index (χ3v) is 5.26. The van der Waals surface area contributed by atoms with Crippen LogP contribution in [0.2, 0.25) is 0 Å². The highest BCUT2D eigenvalue weighted by Gasteiger charge is 2.29. The van der Waals surface area contributed by atoms with Crippen LogP contribution in [-0.2, 0) is 11.2 Å². The number of aromatic nitrogens is 2. The Morgan fingerprint density at radius 2 is 1.88 bits per heavy atom. The van der Waals surface area contributed by atoms with Gasteiger partial charge in [-0.3, -0.25) is 0 Å². The first-order chi connectivity index (χ1) is 11.9. The number of ether oxygens (including phenoxy) is 1. The lowest BCUT2D eigenvalue weighted by atomic mass is 9.98. The second-order valence-electron chi connectivity index (χ2n) is 7.44. The van der Waals surface area contributed by atoms with Gasteiger partial charge in [-0.25, -0.2) is 4.79 Å². The fourth-order valence-electron chi connectivity index (χ4n) is 2.91. The van der Waals surface area contributed by atoms with E-state index >= 15 is 0 Å². The summed E-state index contributed by atoms with van der Waals surface area (Å²) in [6.07, 6.45) is 2.45. The number of rotatable bonds is 3. The standard InChI is InChI=1S/C19H25N3O2S/c1-19(2,3)24-18(23)22-11-9-15(10-12-22)17-21-20-16(25-17)13-14-7-5-4-6-8-14/h4-8,15H,9-13H2,1-3H3. The van der Waals surface area contributed by atoms with E-state index < -0.39 is 5.60 Å². The third kappa shape index (κ3) is 5.01. The lowest BCUT2D eigenvalue weighted by Crippen LogP contribution is -2.41. The fraction of sp³-hybridized carbons (Fsp3) is 0.526. The summed E-state index contributed by atoms with van der Waals surface area (Å²) in [6, 6.07) is 10.3. The average Bonchev–Trinajstić information content (AvgIpc) is 3.03. The number of likely N-dealkylation sites (tertiary alicyclic amines) is 1. The SMILES string of the molecule is CC(C)(C)OC(=O)N1CCC(c2nnc(Cc3ccccc3)s2)CC1. The maximum atomic E-state index is 12.1. The largest absolute Gasteiger partial charge is 0.444 e. The van der Waals surface area contributed by atoms with E-state index in [1.165, 1.54) is 5.56 Å².